The van der Waals surface area contributed by atoms with Gasteiger partial charge < -0.3 is 10.6 Å². The van der Waals surface area contributed by atoms with Crippen molar-refractivity contribution in [2.45, 2.75) is 38.1 Å². The van der Waals surface area contributed by atoms with Crippen molar-refractivity contribution in [1.82, 2.24) is 10.6 Å². The Bertz CT molecular complexity index is 212. The molecule has 1 aliphatic rings. The van der Waals surface area contributed by atoms with Crippen LogP contribution in [0.4, 0.5) is 0 Å². The minimum absolute atomic E-state index is 0.00438. The Balaban J connectivity index is 2.24. The summed E-state index contributed by atoms with van der Waals surface area (Å²) in [5.41, 5.74) is 0. The van der Waals surface area contributed by atoms with E-state index in [1.807, 2.05) is 0 Å². The first-order chi connectivity index (χ1) is 6.84. The smallest absolute Gasteiger partial charge is 0.237 e. The Kier molecular flexibility index (Phi) is 5.09. The van der Waals surface area contributed by atoms with Gasteiger partial charge in [-0.05, 0) is 19.4 Å². The summed E-state index contributed by atoms with van der Waals surface area (Å²) in [5, 5.41) is 6.08. The molecule has 0 aliphatic carbocycles. The summed E-state index contributed by atoms with van der Waals surface area (Å²) < 4.78 is 0. The molecule has 1 rings (SSSR count). The molecule has 1 unspecified atom stereocenters. The number of carbonyl (C=O) groups is 1. The minimum Gasteiger partial charge on any atom is -0.354 e. The van der Waals surface area contributed by atoms with Crippen LogP contribution in [0.3, 0.4) is 0 Å². The molecule has 0 radical (unpaired) electrons. The van der Waals surface area contributed by atoms with Crippen LogP contribution in [-0.2, 0) is 4.79 Å². The molecule has 0 aromatic carbocycles. The van der Waals surface area contributed by atoms with Gasteiger partial charge in [0.05, 0.1) is 6.04 Å². The monoisotopic (exact) mass is 194 g/mol. The first kappa shape index (κ1) is 11.1. The summed E-state index contributed by atoms with van der Waals surface area (Å²) in [6.45, 7) is 1.54. The van der Waals surface area contributed by atoms with Gasteiger partial charge in [-0.15, -0.1) is 12.3 Å². The third kappa shape index (κ3) is 3.80. The van der Waals surface area contributed by atoms with E-state index in [1.165, 1.54) is 12.8 Å². The Morgan fingerprint density at radius 3 is 3.14 bits per heavy atom. The highest BCUT2D eigenvalue weighted by molar-refractivity contribution is 5.81. The van der Waals surface area contributed by atoms with Crippen LogP contribution in [-0.4, -0.2) is 25.0 Å². The van der Waals surface area contributed by atoms with Crippen LogP contribution in [0.2, 0.25) is 0 Å². The molecule has 0 bridgehead atoms. The number of hydrogen-bond donors (Lipinski definition) is 2. The predicted molar refractivity (Wildman–Crippen MR) is 56.7 cm³/mol. The molecule has 1 saturated heterocycles. The molecule has 0 saturated carbocycles. The molecule has 1 heterocycles. The fourth-order valence-electron chi connectivity index (χ4n) is 1.63. The van der Waals surface area contributed by atoms with Crippen molar-refractivity contribution >= 4 is 5.91 Å². The third-order valence-corrected chi connectivity index (χ3v) is 2.45. The van der Waals surface area contributed by atoms with Crippen LogP contribution in [0.5, 0.6) is 0 Å². The van der Waals surface area contributed by atoms with Crippen molar-refractivity contribution in [3.05, 3.63) is 0 Å². The highest BCUT2D eigenvalue weighted by Gasteiger charge is 2.18. The molecule has 1 fully saturated rings. The summed E-state index contributed by atoms with van der Waals surface area (Å²) in [6, 6.07) is -0.00438. The van der Waals surface area contributed by atoms with E-state index in [0.29, 0.717) is 13.0 Å². The van der Waals surface area contributed by atoms with E-state index in [2.05, 4.69) is 16.6 Å². The lowest BCUT2D eigenvalue weighted by Gasteiger charge is -2.14. The summed E-state index contributed by atoms with van der Waals surface area (Å²) in [4.78, 5) is 11.6. The van der Waals surface area contributed by atoms with Gasteiger partial charge in [-0.2, -0.15) is 0 Å². The van der Waals surface area contributed by atoms with E-state index < -0.39 is 0 Å². The summed E-state index contributed by atoms with van der Waals surface area (Å²) in [6.07, 6.45) is 10.2. The molecule has 3 heteroatoms. The minimum atomic E-state index is -0.00438. The maximum absolute atomic E-state index is 11.6. The van der Waals surface area contributed by atoms with Crippen LogP contribution in [0.25, 0.3) is 0 Å². The fourth-order valence-corrected chi connectivity index (χ4v) is 1.63. The second-order valence-electron chi connectivity index (χ2n) is 3.60. The highest BCUT2D eigenvalue weighted by atomic mass is 16.2. The van der Waals surface area contributed by atoms with Crippen molar-refractivity contribution in [2.24, 2.45) is 0 Å². The first-order valence-corrected chi connectivity index (χ1v) is 5.29. The molecular formula is C11H18N2O. The summed E-state index contributed by atoms with van der Waals surface area (Å²) in [5.74, 6) is 2.60. The molecule has 0 aromatic rings. The summed E-state index contributed by atoms with van der Waals surface area (Å²) in [7, 11) is 0. The number of nitrogens with one attached hydrogen (secondary N) is 2. The second-order valence-corrected chi connectivity index (χ2v) is 3.60. The molecule has 78 valence electrons. The van der Waals surface area contributed by atoms with Gasteiger partial charge in [-0.3, -0.25) is 4.79 Å². The van der Waals surface area contributed by atoms with Crippen LogP contribution >= 0.6 is 0 Å². The van der Waals surface area contributed by atoms with E-state index in [9.17, 15) is 4.79 Å². The van der Waals surface area contributed by atoms with Crippen molar-refractivity contribution in [3.8, 4) is 12.3 Å². The number of amides is 1. The average Bonchev–Trinajstić information content (AvgIpc) is 2.46. The van der Waals surface area contributed by atoms with Gasteiger partial charge in [0.1, 0.15) is 0 Å². The van der Waals surface area contributed by atoms with E-state index >= 15 is 0 Å². The topological polar surface area (TPSA) is 41.1 Å². The quantitative estimate of drug-likeness (QED) is 0.512. The summed E-state index contributed by atoms with van der Waals surface area (Å²) >= 11 is 0. The molecular weight excluding hydrogens is 176 g/mol. The van der Waals surface area contributed by atoms with Crippen molar-refractivity contribution in [2.75, 3.05) is 13.1 Å². The Hall–Kier alpha value is -1.01. The van der Waals surface area contributed by atoms with Gasteiger partial charge in [-0.25, -0.2) is 0 Å². The zero-order chi connectivity index (χ0) is 10.2. The van der Waals surface area contributed by atoms with E-state index in [4.69, 9.17) is 6.42 Å². The molecule has 1 amide bonds. The maximum atomic E-state index is 11.6. The van der Waals surface area contributed by atoms with Crippen molar-refractivity contribution < 1.29 is 4.79 Å². The van der Waals surface area contributed by atoms with Crippen LogP contribution < -0.4 is 10.6 Å². The predicted octanol–water partition coefficient (Wildman–Crippen LogP) is 0.658. The third-order valence-electron chi connectivity index (χ3n) is 2.45. The molecule has 2 N–H and O–H groups in total. The highest BCUT2D eigenvalue weighted by Crippen LogP contribution is 2.08. The normalized spacial score (nSPS) is 22.1. The van der Waals surface area contributed by atoms with Gasteiger partial charge in [0.2, 0.25) is 5.91 Å². The molecule has 1 atom stereocenters. The van der Waals surface area contributed by atoms with Gasteiger partial charge >= 0.3 is 0 Å². The molecule has 0 spiro atoms. The second kappa shape index (κ2) is 6.44. The van der Waals surface area contributed by atoms with E-state index in [1.54, 1.807) is 0 Å². The Labute approximate surface area is 85.6 Å². The van der Waals surface area contributed by atoms with Crippen LogP contribution in [0.15, 0.2) is 0 Å². The fraction of sp³-hybridized carbons (Fsp3) is 0.727. The number of rotatable bonds is 3. The number of carbonyl (C=O) groups excluding carboxylic acids is 1. The van der Waals surface area contributed by atoms with E-state index in [0.717, 1.165) is 19.4 Å². The lowest BCUT2D eigenvalue weighted by atomic mass is 10.1. The Morgan fingerprint density at radius 2 is 2.36 bits per heavy atom. The van der Waals surface area contributed by atoms with Crippen molar-refractivity contribution in [1.29, 1.82) is 0 Å². The van der Waals surface area contributed by atoms with Crippen LogP contribution in [0.1, 0.15) is 32.1 Å². The SMILES string of the molecule is C#CCCNC(=O)C1CCCCCN1. The molecule has 0 aromatic heterocycles. The van der Waals surface area contributed by atoms with Crippen molar-refractivity contribution in [3.63, 3.8) is 0 Å². The molecule has 1 aliphatic heterocycles. The standard InChI is InChI=1S/C11H18N2O/c1-2-3-8-13-11(14)10-7-5-4-6-9-12-10/h1,10,12H,3-9H2,(H,13,14). The van der Waals surface area contributed by atoms with Gasteiger partial charge in [0.25, 0.3) is 0 Å². The zero-order valence-corrected chi connectivity index (χ0v) is 8.51. The number of hydrogen-bond acceptors (Lipinski definition) is 2. The average molecular weight is 194 g/mol. The first-order valence-electron chi connectivity index (χ1n) is 5.29. The van der Waals surface area contributed by atoms with Crippen LogP contribution in [0, 0.1) is 12.3 Å². The Morgan fingerprint density at radius 1 is 1.50 bits per heavy atom. The van der Waals surface area contributed by atoms with Gasteiger partial charge in [0, 0.05) is 13.0 Å². The maximum Gasteiger partial charge on any atom is 0.237 e. The largest absolute Gasteiger partial charge is 0.354 e. The zero-order valence-electron chi connectivity index (χ0n) is 8.51. The van der Waals surface area contributed by atoms with Gasteiger partial charge in [0.15, 0.2) is 0 Å². The molecule has 14 heavy (non-hydrogen) atoms. The lowest BCUT2D eigenvalue weighted by Crippen LogP contribution is -2.43. The lowest BCUT2D eigenvalue weighted by molar-refractivity contribution is -0.123. The number of terminal acetylenes is 1. The van der Waals surface area contributed by atoms with Gasteiger partial charge in [-0.1, -0.05) is 12.8 Å². The molecule has 3 nitrogen and oxygen atoms in total. The van der Waals surface area contributed by atoms with E-state index in [-0.39, 0.29) is 11.9 Å².